The molecule has 0 atom stereocenters. The van der Waals surface area contributed by atoms with Crippen LogP contribution in [0.3, 0.4) is 0 Å². The number of benzene rings is 2. The van der Waals surface area contributed by atoms with Gasteiger partial charge in [-0.3, -0.25) is 14.9 Å². The van der Waals surface area contributed by atoms with E-state index in [0.29, 0.717) is 5.56 Å². The summed E-state index contributed by atoms with van der Waals surface area (Å²) in [6.45, 7) is 2.00. The first-order chi connectivity index (χ1) is 13.3. The van der Waals surface area contributed by atoms with E-state index >= 15 is 0 Å². The summed E-state index contributed by atoms with van der Waals surface area (Å²) in [5, 5.41) is 12.2. The number of halogens is 2. The molecule has 0 aromatic heterocycles. The molecule has 0 bridgehead atoms. The smallest absolute Gasteiger partial charge is 0.335 e. The van der Waals surface area contributed by atoms with E-state index in [2.05, 4.69) is 5.32 Å². The second-order valence-corrected chi connectivity index (χ2v) is 6.51. The number of hydrogen-bond acceptors (Lipinski definition) is 5. The van der Waals surface area contributed by atoms with Crippen molar-refractivity contribution < 1.29 is 24.2 Å². The quantitative estimate of drug-likeness (QED) is 0.579. The average Bonchev–Trinajstić information content (AvgIpc) is 2.64. The number of anilines is 1. The van der Waals surface area contributed by atoms with Gasteiger partial charge in [-0.2, -0.15) is 0 Å². The van der Waals surface area contributed by atoms with Gasteiger partial charge in [-0.25, -0.2) is 9.69 Å². The Morgan fingerprint density at radius 2 is 1.86 bits per heavy atom. The molecular formula is C19H14Cl2N2O5. The lowest BCUT2D eigenvalue weighted by Crippen LogP contribution is -2.54. The summed E-state index contributed by atoms with van der Waals surface area (Å²) in [6, 6.07) is 8.14. The van der Waals surface area contributed by atoms with Gasteiger partial charge in [0.15, 0.2) is 11.5 Å². The molecule has 28 heavy (non-hydrogen) atoms. The fraction of sp³-hybridized carbons (Fsp3) is 0.105. The number of carbonyl (C=O) groups excluding carboxylic acids is 3. The first-order valence-electron chi connectivity index (χ1n) is 8.14. The van der Waals surface area contributed by atoms with Gasteiger partial charge < -0.3 is 9.84 Å². The maximum absolute atomic E-state index is 12.9. The van der Waals surface area contributed by atoms with Crippen LogP contribution >= 0.6 is 23.2 Å². The van der Waals surface area contributed by atoms with Gasteiger partial charge in [0, 0.05) is 0 Å². The van der Waals surface area contributed by atoms with Crippen molar-refractivity contribution in [3.8, 4) is 11.5 Å². The highest BCUT2D eigenvalue weighted by Gasteiger charge is 2.37. The first kappa shape index (κ1) is 19.7. The van der Waals surface area contributed by atoms with Crippen LogP contribution < -0.4 is 15.0 Å². The first-order valence-corrected chi connectivity index (χ1v) is 8.90. The molecule has 2 aromatic rings. The van der Waals surface area contributed by atoms with Crippen molar-refractivity contribution >= 4 is 52.8 Å². The minimum atomic E-state index is -0.904. The molecule has 1 saturated heterocycles. The number of phenolic OH excluding ortho intramolecular Hbond substituents is 1. The third-order valence-corrected chi connectivity index (χ3v) is 4.46. The number of phenols is 1. The molecule has 4 amide bonds. The van der Waals surface area contributed by atoms with E-state index in [4.69, 9.17) is 27.9 Å². The number of rotatable bonds is 4. The molecule has 3 rings (SSSR count). The zero-order valence-corrected chi connectivity index (χ0v) is 16.0. The van der Waals surface area contributed by atoms with Crippen molar-refractivity contribution in [3.63, 3.8) is 0 Å². The van der Waals surface area contributed by atoms with Crippen LogP contribution in [0.25, 0.3) is 6.08 Å². The SMILES string of the molecule is CCOc1cc(/C=C2\C(=O)NC(=O)N(c3ccccc3Cl)C2=O)cc(Cl)c1O. The Morgan fingerprint density at radius 3 is 2.54 bits per heavy atom. The van der Waals surface area contributed by atoms with Crippen LogP contribution in [0.1, 0.15) is 12.5 Å². The van der Waals surface area contributed by atoms with E-state index in [1.54, 1.807) is 19.1 Å². The van der Waals surface area contributed by atoms with E-state index in [9.17, 15) is 19.5 Å². The van der Waals surface area contributed by atoms with Crippen LogP contribution in [-0.4, -0.2) is 29.6 Å². The Kier molecular flexibility index (Phi) is 5.58. The summed E-state index contributed by atoms with van der Waals surface area (Å²) in [6.07, 6.45) is 1.25. The number of hydrogen-bond donors (Lipinski definition) is 2. The summed E-state index contributed by atoms with van der Waals surface area (Å²) in [5.41, 5.74) is 0.172. The van der Waals surface area contributed by atoms with Crippen molar-refractivity contribution in [2.45, 2.75) is 6.92 Å². The fourth-order valence-corrected chi connectivity index (χ4v) is 3.06. The van der Waals surface area contributed by atoms with Crippen molar-refractivity contribution in [1.29, 1.82) is 0 Å². The zero-order chi connectivity index (χ0) is 20.4. The van der Waals surface area contributed by atoms with Gasteiger partial charge in [0.2, 0.25) is 0 Å². The van der Waals surface area contributed by atoms with Gasteiger partial charge in [0.05, 0.1) is 22.3 Å². The van der Waals surface area contributed by atoms with Gasteiger partial charge in [-0.1, -0.05) is 35.3 Å². The van der Waals surface area contributed by atoms with E-state index < -0.39 is 17.8 Å². The van der Waals surface area contributed by atoms with Crippen LogP contribution in [0, 0.1) is 0 Å². The van der Waals surface area contributed by atoms with Gasteiger partial charge in [-0.15, -0.1) is 0 Å². The van der Waals surface area contributed by atoms with Crippen molar-refractivity contribution in [3.05, 3.63) is 57.6 Å². The number of carbonyl (C=O) groups is 3. The molecule has 144 valence electrons. The summed E-state index contributed by atoms with van der Waals surface area (Å²) in [5.74, 6) is -1.85. The Balaban J connectivity index is 2.06. The highest BCUT2D eigenvalue weighted by molar-refractivity contribution is 6.42. The minimum Gasteiger partial charge on any atom is -0.503 e. The van der Waals surface area contributed by atoms with Gasteiger partial charge in [-0.05, 0) is 42.8 Å². The van der Waals surface area contributed by atoms with E-state index in [0.717, 1.165) is 4.90 Å². The molecular weight excluding hydrogens is 407 g/mol. The maximum atomic E-state index is 12.9. The summed E-state index contributed by atoms with van der Waals surface area (Å²) in [4.78, 5) is 38.1. The predicted molar refractivity (Wildman–Crippen MR) is 105 cm³/mol. The molecule has 7 nitrogen and oxygen atoms in total. The third-order valence-electron chi connectivity index (χ3n) is 3.86. The lowest BCUT2D eigenvalue weighted by atomic mass is 10.1. The average molecular weight is 421 g/mol. The van der Waals surface area contributed by atoms with E-state index in [-0.39, 0.29) is 39.4 Å². The molecule has 1 fully saturated rings. The van der Waals surface area contributed by atoms with E-state index in [1.165, 1.54) is 30.3 Å². The molecule has 1 heterocycles. The minimum absolute atomic E-state index is 0.0134. The predicted octanol–water partition coefficient (Wildman–Crippen LogP) is 3.76. The van der Waals surface area contributed by atoms with Gasteiger partial charge in [0.25, 0.3) is 11.8 Å². The standard InChI is InChI=1S/C19H14Cl2N2O5/c1-2-28-15-9-10(8-13(21)16(15)24)7-11-17(25)22-19(27)23(18(11)26)14-6-4-3-5-12(14)20/h3-9,24H,2H2,1H3,(H,22,25,27)/b11-7+. The number of ether oxygens (including phenoxy) is 1. The molecule has 0 aliphatic carbocycles. The van der Waals surface area contributed by atoms with Crippen LogP contribution in [0.5, 0.6) is 11.5 Å². The Morgan fingerprint density at radius 1 is 1.14 bits per heavy atom. The number of para-hydroxylation sites is 1. The molecule has 2 aromatic carbocycles. The molecule has 1 aliphatic rings. The lowest BCUT2D eigenvalue weighted by Gasteiger charge is -2.27. The second-order valence-electron chi connectivity index (χ2n) is 5.69. The molecule has 0 saturated carbocycles. The van der Waals surface area contributed by atoms with Gasteiger partial charge in [0.1, 0.15) is 5.57 Å². The summed E-state index contributed by atoms with van der Waals surface area (Å²) >= 11 is 12.1. The molecule has 1 aliphatic heterocycles. The normalized spacial score (nSPS) is 15.8. The van der Waals surface area contributed by atoms with Crippen molar-refractivity contribution in [2.24, 2.45) is 0 Å². The number of imide groups is 2. The van der Waals surface area contributed by atoms with Crippen molar-refractivity contribution in [2.75, 3.05) is 11.5 Å². The maximum Gasteiger partial charge on any atom is 0.335 e. The second kappa shape index (κ2) is 7.92. The van der Waals surface area contributed by atoms with Crippen LogP contribution in [0.4, 0.5) is 10.5 Å². The largest absolute Gasteiger partial charge is 0.503 e. The fourth-order valence-electron chi connectivity index (χ4n) is 2.62. The van der Waals surface area contributed by atoms with Gasteiger partial charge >= 0.3 is 6.03 Å². The number of amides is 4. The van der Waals surface area contributed by atoms with Crippen LogP contribution in [-0.2, 0) is 9.59 Å². The number of nitrogens with zero attached hydrogens (tertiary/aromatic N) is 1. The molecule has 2 N–H and O–H groups in total. The van der Waals surface area contributed by atoms with Crippen LogP contribution in [0.15, 0.2) is 42.0 Å². The Bertz CT molecular complexity index is 1020. The van der Waals surface area contributed by atoms with E-state index in [1.807, 2.05) is 0 Å². The third kappa shape index (κ3) is 3.67. The molecule has 9 heteroatoms. The number of aromatic hydroxyl groups is 1. The number of nitrogens with one attached hydrogen (secondary N) is 1. The summed E-state index contributed by atoms with van der Waals surface area (Å²) < 4.78 is 5.29. The van der Waals surface area contributed by atoms with Crippen molar-refractivity contribution in [1.82, 2.24) is 5.32 Å². The Labute approximate surface area is 170 Å². The summed E-state index contributed by atoms with van der Waals surface area (Å²) in [7, 11) is 0. The number of barbiturate groups is 1. The monoisotopic (exact) mass is 420 g/mol. The molecule has 0 unspecified atom stereocenters. The topological polar surface area (TPSA) is 95.9 Å². The molecule has 0 radical (unpaired) electrons. The van der Waals surface area contributed by atoms with Crippen LogP contribution in [0.2, 0.25) is 10.0 Å². The number of urea groups is 1. The lowest BCUT2D eigenvalue weighted by molar-refractivity contribution is -0.122. The Hall–Kier alpha value is -3.03. The zero-order valence-electron chi connectivity index (χ0n) is 14.5. The highest BCUT2D eigenvalue weighted by Crippen LogP contribution is 2.36. The molecule has 0 spiro atoms. The highest BCUT2D eigenvalue weighted by atomic mass is 35.5.